The van der Waals surface area contributed by atoms with Crippen molar-refractivity contribution in [1.29, 1.82) is 0 Å². The van der Waals surface area contributed by atoms with E-state index in [4.69, 9.17) is 0 Å². The Hall–Kier alpha value is -5.10. The standard InChI is InChI=1S/C32H27N3O3/c1-34(29-11-6-10-26(21-29)31(36)37)28-17-14-23(15-18-28)25-9-5-12-30(20-25)35(2)32(38)33-27-16-13-22-7-3-4-8-24(22)19-27/h3-21H,1-2H3,(H,33,38)(H,36,37). The van der Waals surface area contributed by atoms with Gasteiger partial charge in [0.05, 0.1) is 5.56 Å². The molecule has 0 fully saturated rings. The molecule has 38 heavy (non-hydrogen) atoms. The lowest BCUT2D eigenvalue weighted by atomic mass is 10.0. The highest BCUT2D eigenvalue weighted by Crippen LogP contribution is 2.29. The van der Waals surface area contributed by atoms with Crippen LogP contribution in [-0.2, 0) is 0 Å². The zero-order valence-corrected chi connectivity index (χ0v) is 21.1. The van der Waals surface area contributed by atoms with Crippen molar-refractivity contribution in [3.8, 4) is 11.1 Å². The second-order valence-corrected chi connectivity index (χ2v) is 9.06. The fraction of sp³-hybridized carbons (Fsp3) is 0.0625. The van der Waals surface area contributed by atoms with Gasteiger partial charge in [-0.05, 0) is 76.5 Å². The van der Waals surface area contributed by atoms with Crippen LogP contribution >= 0.6 is 0 Å². The number of carboxylic acid groups (broad SMARTS) is 1. The van der Waals surface area contributed by atoms with Gasteiger partial charge in [0, 0.05) is 36.8 Å². The molecule has 0 bridgehead atoms. The minimum Gasteiger partial charge on any atom is -0.478 e. The maximum absolute atomic E-state index is 13.0. The van der Waals surface area contributed by atoms with Crippen LogP contribution < -0.4 is 15.1 Å². The Morgan fingerprint density at radius 3 is 2.11 bits per heavy atom. The van der Waals surface area contributed by atoms with Crippen LogP contribution in [0.4, 0.5) is 27.5 Å². The van der Waals surface area contributed by atoms with Crippen molar-refractivity contribution in [3.05, 3.63) is 121 Å². The highest BCUT2D eigenvalue weighted by Gasteiger charge is 2.13. The number of benzene rings is 5. The quantitative estimate of drug-likeness (QED) is 0.251. The Balaban J connectivity index is 1.31. The van der Waals surface area contributed by atoms with Crippen LogP contribution in [0, 0.1) is 0 Å². The number of carbonyl (C=O) groups excluding carboxylic acids is 1. The second-order valence-electron chi connectivity index (χ2n) is 9.06. The zero-order valence-electron chi connectivity index (χ0n) is 21.1. The lowest BCUT2D eigenvalue weighted by molar-refractivity contribution is 0.0697. The average molecular weight is 502 g/mol. The van der Waals surface area contributed by atoms with Crippen LogP contribution in [0.25, 0.3) is 21.9 Å². The molecule has 5 aromatic rings. The van der Waals surface area contributed by atoms with E-state index in [-0.39, 0.29) is 11.6 Å². The van der Waals surface area contributed by atoms with E-state index < -0.39 is 5.97 Å². The molecule has 5 rings (SSSR count). The molecular formula is C32H27N3O3. The minimum absolute atomic E-state index is 0.224. The topological polar surface area (TPSA) is 72.9 Å². The number of fused-ring (bicyclic) bond motifs is 1. The number of hydrogen-bond acceptors (Lipinski definition) is 3. The van der Waals surface area contributed by atoms with Gasteiger partial charge in [-0.3, -0.25) is 4.90 Å². The summed E-state index contributed by atoms with van der Waals surface area (Å²) >= 11 is 0. The predicted molar refractivity (Wildman–Crippen MR) is 155 cm³/mol. The number of carboxylic acids is 1. The van der Waals surface area contributed by atoms with Crippen LogP contribution in [0.15, 0.2) is 115 Å². The van der Waals surface area contributed by atoms with Gasteiger partial charge < -0.3 is 15.3 Å². The first-order valence-corrected chi connectivity index (χ1v) is 12.2. The molecule has 0 heterocycles. The lowest BCUT2D eigenvalue weighted by Crippen LogP contribution is -2.31. The van der Waals surface area contributed by atoms with Crippen molar-refractivity contribution < 1.29 is 14.7 Å². The molecule has 0 atom stereocenters. The van der Waals surface area contributed by atoms with E-state index >= 15 is 0 Å². The number of aromatic carboxylic acids is 1. The largest absolute Gasteiger partial charge is 0.478 e. The van der Waals surface area contributed by atoms with Crippen molar-refractivity contribution in [1.82, 2.24) is 0 Å². The van der Waals surface area contributed by atoms with Gasteiger partial charge in [-0.2, -0.15) is 0 Å². The zero-order chi connectivity index (χ0) is 26.6. The van der Waals surface area contributed by atoms with Gasteiger partial charge in [0.25, 0.3) is 0 Å². The number of anilines is 4. The molecule has 0 aliphatic rings. The summed E-state index contributed by atoms with van der Waals surface area (Å²) < 4.78 is 0. The molecule has 0 aromatic heterocycles. The number of amides is 2. The lowest BCUT2D eigenvalue weighted by Gasteiger charge is -2.21. The summed E-state index contributed by atoms with van der Waals surface area (Å²) in [5.41, 5.74) is 5.47. The number of hydrogen-bond donors (Lipinski definition) is 2. The predicted octanol–water partition coefficient (Wildman–Crippen LogP) is 7.64. The van der Waals surface area contributed by atoms with Gasteiger partial charge in [-0.1, -0.05) is 60.7 Å². The third-order valence-electron chi connectivity index (χ3n) is 6.61. The van der Waals surface area contributed by atoms with Gasteiger partial charge in [0.2, 0.25) is 0 Å². The van der Waals surface area contributed by atoms with Gasteiger partial charge >= 0.3 is 12.0 Å². The van der Waals surface area contributed by atoms with Gasteiger partial charge in [-0.25, -0.2) is 9.59 Å². The molecule has 0 aliphatic carbocycles. The Morgan fingerprint density at radius 1 is 0.632 bits per heavy atom. The molecule has 6 heteroatoms. The summed E-state index contributed by atoms with van der Waals surface area (Å²) in [6, 6.07) is 36.4. The number of nitrogens with zero attached hydrogens (tertiary/aromatic N) is 2. The highest BCUT2D eigenvalue weighted by molar-refractivity contribution is 6.03. The SMILES string of the molecule is CN(C(=O)Nc1ccc2ccccc2c1)c1cccc(-c2ccc(N(C)c3cccc(C(=O)O)c3)cc2)c1. The Morgan fingerprint density at radius 2 is 1.34 bits per heavy atom. The number of urea groups is 1. The van der Waals surface area contributed by atoms with E-state index in [9.17, 15) is 14.7 Å². The number of nitrogens with one attached hydrogen (secondary N) is 1. The van der Waals surface area contributed by atoms with Crippen LogP contribution in [0.1, 0.15) is 10.4 Å². The van der Waals surface area contributed by atoms with E-state index in [2.05, 4.69) is 5.32 Å². The van der Waals surface area contributed by atoms with Crippen LogP contribution in [0.3, 0.4) is 0 Å². The maximum atomic E-state index is 13.0. The average Bonchev–Trinajstić information content (AvgIpc) is 2.96. The summed E-state index contributed by atoms with van der Waals surface area (Å²) in [4.78, 5) is 27.8. The molecule has 0 radical (unpaired) electrons. The first-order chi connectivity index (χ1) is 18.4. The summed E-state index contributed by atoms with van der Waals surface area (Å²) in [6.45, 7) is 0. The minimum atomic E-state index is -0.952. The maximum Gasteiger partial charge on any atom is 0.335 e. The molecule has 0 unspecified atom stereocenters. The summed E-state index contributed by atoms with van der Waals surface area (Å²) in [6.07, 6.45) is 0. The van der Waals surface area contributed by atoms with E-state index in [1.807, 2.05) is 109 Å². The van der Waals surface area contributed by atoms with Gasteiger partial charge in [0.15, 0.2) is 0 Å². The molecule has 188 valence electrons. The molecule has 0 saturated carbocycles. The first kappa shape index (κ1) is 24.6. The molecule has 0 spiro atoms. The molecule has 2 amide bonds. The van der Waals surface area contributed by atoms with E-state index in [0.29, 0.717) is 0 Å². The van der Waals surface area contributed by atoms with Crippen molar-refractivity contribution in [2.45, 2.75) is 0 Å². The third kappa shape index (κ3) is 5.20. The van der Waals surface area contributed by atoms with Crippen molar-refractivity contribution in [2.24, 2.45) is 0 Å². The normalized spacial score (nSPS) is 10.7. The summed E-state index contributed by atoms with van der Waals surface area (Å²) in [5.74, 6) is -0.952. The fourth-order valence-electron chi connectivity index (χ4n) is 4.36. The van der Waals surface area contributed by atoms with Crippen LogP contribution in [0.2, 0.25) is 0 Å². The van der Waals surface area contributed by atoms with Crippen LogP contribution in [-0.4, -0.2) is 31.2 Å². The number of carbonyl (C=O) groups is 2. The Kier molecular flexibility index (Phi) is 6.78. The molecule has 5 aromatic carbocycles. The monoisotopic (exact) mass is 501 g/mol. The van der Waals surface area contributed by atoms with Crippen molar-refractivity contribution >= 4 is 45.5 Å². The molecule has 2 N–H and O–H groups in total. The van der Waals surface area contributed by atoms with Crippen molar-refractivity contribution in [3.63, 3.8) is 0 Å². The molecule has 6 nitrogen and oxygen atoms in total. The molecule has 0 saturated heterocycles. The van der Waals surface area contributed by atoms with Crippen molar-refractivity contribution in [2.75, 3.05) is 29.2 Å². The van der Waals surface area contributed by atoms with Gasteiger partial charge in [-0.15, -0.1) is 0 Å². The first-order valence-electron chi connectivity index (χ1n) is 12.2. The van der Waals surface area contributed by atoms with Crippen LogP contribution in [0.5, 0.6) is 0 Å². The number of rotatable bonds is 6. The third-order valence-corrected chi connectivity index (χ3v) is 6.61. The summed E-state index contributed by atoms with van der Waals surface area (Å²) in [7, 11) is 3.65. The Bertz CT molecular complexity index is 1630. The van der Waals surface area contributed by atoms with Gasteiger partial charge in [0.1, 0.15) is 0 Å². The smallest absolute Gasteiger partial charge is 0.335 e. The second kappa shape index (κ2) is 10.5. The van der Waals surface area contributed by atoms with E-state index in [0.717, 1.165) is 44.6 Å². The van der Waals surface area contributed by atoms with E-state index in [1.54, 1.807) is 30.1 Å². The highest BCUT2D eigenvalue weighted by atomic mass is 16.4. The fourth-order valence-corrected chi connectivity index (χ4v) is 4.36. The molecular weight excluding hydrogens is 474 g/mol. The summed E-state index contributed by atoms with van der Waals surface area (Å²) in [5, 5.41) is 14.5. The van der Waals surface area contributed by atoms with E-state index in [1.165, 1.54) is 0 Å². The Labute approximate surface area is 221 Å². The molecule has 0 aliphatic heterocycles.